The summed E-state index contributed by atoms with van der Waals surface area (Å²) in [4.78, 5) is 8.11. The predicted molar refractivity (Wildman–Crippen MR) is 141 cm³/mol. The molecule has 170 valence electrons. The van der Waals surface area contributed by atoms with Crippen molar-refractivity contribution in [2.75, 3.05) is 6.26 Å². The molecule has 1 aliphatic heterocycles. The Balaban J connectivity index is 1.57. The number of rotatable bonds is 6. The van der Waals surface area contributed by atoms with E-state index in [2.05, 4.69) is 65.0 Å². The molecule has 0 saturated carbocycles. The van der Waals surface area contributed by atoms with Crippen molar-refractivity contribution in [2.24, 2.45) is 0 Å². The van der Waals surface area contributed by atoms with Gasteiger partial charge in [0.2, 0.25) is 5.82 Å². The number of thiocarbonyl (C=S) groups is 1. The van der Waals surface area contributed by atoms with Crippen LogP contribution >= 0.6 is 24.0 Å². The predicted octanol–water partition coefficient (Wildman–Crippen LogP) is 6.32. The Kier molecular flexibility index (Phi) is 6.47. The first kappa shape index (κ1) is 22.4. The van der Waals surface area contributed by atoms with Gasteiger partial charge in [-0.05, 0) is 48.7 Å². The van der Waals surface area contributed by atoms with Crippen LogP contribution in [-0.4, -0.2) is 26.4 Å². The second-order valence-electron chi connectivity index (χ2n) is 8.02. The van der Waals surface area contributed by atoms with Crippen molar-refractivity contribution < 1.29 is 4.52 Å². The van der Waals surface area contributed by atoms with Gasteiger partial charge in [-0.2, -0.15) is 4.98 Å². The molecule has 1 unspecified atom stereocenters. The molecule has 0 spiro atoms. The lowest BCUT2D eigenvalue weighted by Crippen LogP contribution is -2.45. The van der Waals surface area contributed by atoms with Gasteiger partial charge in [0.05, 0.1) is 11.6 Å². The summed E-state index contributed by atoms with van der Waals surface area (Å²) in [5.41, 5.74) is 5.10. The molecule has 1 aromatic heterocycles. The largest absolute Gasteiger partial charge is 0.351 e. The number of hydrogen-bond donors (Lipinski definition) is 1. The smallest absolute Gasteiger partial charge is 0.258 e. The van der Waals surface area contributed by atoms with E-state index in [1.165, 1.54) is 10.5 Å². The minimum Gasteiger partial charge on any atom is -0.351 e. The second-order valence-corrected chi connectivity index (χ2v) is 9.28. The molecule has 1 aliphatic rings. The van der Waals surface area contributed by atoms with Crippen LogP contribution in [0.3, 0.4) is 0 Å². The molecule has 1 N–H and O–H groups in total. The maximum absolute atomic E-state index is 5.82. The fourth-order valence-corrected chi connectivity index (χ4v) is 4.82. The summed E-state index contributed by atoms with van der Waals surface area (Å²) in [7, 11) is 0. The molecule has 3 aromatic carbocycles. The minimum atomic E-state index is -0.187. The zero-order valence-electron chi connectivity index (χ0n) is 18.9. The van der Waals surface area contributed by atoms with Crippen LogP contribution in [0.2, 0.25) is 0 Å². The van der Waals surface area contributed by atoms with Crippen LogP contribution in [0.25, 0.3) is 17.0 Å². The van der Waals surface area contributed by atoms with Crippen LogP contribution < -0.4 is 5.32 Å². The summed E-state index contributed by atoms with van der Waals surface area (Å²) < 4.78 is 5.81. The fraction of sp³-hybridized carbons (Fsp3) is 0.148. The first-order valence-electron chi connectivity index (χ1n) is 11.0. The van der Waals surface area contributed by atoms with E-state index in [0.29, 0.717) is 23.4 Å². The van der Waals surface area contributed by atoms with Crippen LogP contribution in [0, 0.1) is 0 Å². The lowest BCUT2D eigenvalue weighted by atomic mass is 9.94. The molecule has 1 atom stereocenters. The maximum atomic E-state index is 5.82. The van der Waals surface area contributed by atoms with Crippen LogP contribution in [-0.2, 0) is 6.54 Å². The van der Waals surface area contributed by atoms with Gasteiger partial charge in [0, 0.05) is 22.7 Å². The van der Waals surface area contributed by atoms with E-state index >= 15 is 0 Å². The highest BCUT2D eigenvalue weighted by atomic mass is 32.2. The summed E-state index contributed by atoms with van der Waals surface area (Å²) in [5.74, 6) is 1.05. The van der Waals surface area contributed by atoms with Crippen molar-refractivity contribution in [1.29, 1.82) is 0 Å². The van der Waals surface area contributed by atoms with E-state index in [0.717, 1.165) is 22.4 Å². The molecule has 0 fully saturated rings. The molecule has 0 radical (unpaired) electrons. The van der Waals surface area contributed by atoms with Gasteiger partial charge in [-0.3, -0.25) is 0 Å². The van der Waals surface area contributed by atoms with Crippen molar-refractivity contribution in [3.05, 3.63) is 108 Å². The van der Waals surface area contributed by atoms with Gasteiger partial charge in [-0.1, -0.05) is 78.0 Å². The Morgan fingerprint density at radius 3 is 2.32 bits per heavy atom. The number of aromatic nitrogens is 2. The van der Waals surface area contributed by atoms with Crippen molar-refractivity contribution in [3.63, 3.8) is 0 Å². The van der Waals surface area contributed by atoms with Crippen LogP contribution in [0.4, 0.5) is 0 Å². The third kappa shape index (κ3) is 4.49. The fourth-order valence-electron chi connectivity index (χ4n) is 4.10. The molecule has 0 aliphatic carbocycles. The Hall–Kier alpha value is -3.42. The number of nitrogens with one attached hydrogen (secondary N) is 1. The van der Waals surface area contributed by atoms with Crippen molar-refractivity contribution >= 4 is 34.7 Å². The van der Waals surface area contributed by atoms with Gasteiger partial charge in [0.1, 0.15) is 0 Å². The van der Waals surface area contributed by atoms with Crippen molar-refractivity contribution in [2.45, 2.75) is 24.4 Å². The molecular formula is C27H24N4OS2. The summed E-state index contributed by atoms with van der Waals surface area (Å²) in [6.07, 6.45) is 2.08. The van der Waals surface area contributed by atoms with Gasteiger partial charge in [0.25, 0.3) is 5.89 Å². The van der Waals surface area contributed by atoms with E-state index < -0.39 is 0 Å². The molecule has 34 heavy (non-hydrogen) atoms. The zero-order chi connectivity index (χ0) is 23.5. The first-order chi connectivity index (χ1) is 16.6. The lowest BCUT2D eigenvalue weighted by Gasteiger charge is -2.37. The summed E-state index contributed by atoms with van der Waals surface area (Å²) in [6, 6.07) is 28.4. The molecular weight excluding hydrogens is 460 g/mol. The van der Waals surface area contributed by atoms with Gasteiger partial charge < -0.3 is 14.7 Å². The SMILES string of the molecule is CSc1ccc(CN2C(=S)NC(c3ccccc3)C(c3nc(-c4ccccc4)no3)=C2C)cc1. The number of allylic oxidation sites excluding steroid dienone is 1. The molecule has 7 heteroatoms. The summed E-state index contributed by atoms with van der Waals surface area (Å²) >= 11 is 7.56. The normalized spacial score (nSPS) is 16.0. The van der Waals surface area contributed by atoms with Gasteiger partial charge in [-0.25, -0.2) is 0 Å². The quantitative estimate of drug-likeness (QED) is 0.254. The molecule has 0 amide bonds. The molecule has 4 aromatic rings. The van der Waals surface area contributed by atoms with Gasteiger partial charge in [-0.15, -0.1) is 11.8 Å². The molecule has 2 heterocycles. The minimum absolute atomic E-state index is 0.187. The standard InChI is InChI=1S/C27H24N4OS2/c1-18-23(26-29-25(30-32-26)21-11-7-4-8-12-21)24(20-9-5-3-6-10-20)28-27(33)31(18)17-19-13-15-22(34-2)16-14-19/h3-16,24H,17H2,1-2H3,(H,28,33). The summed E-state index contributed by atoms with van der Waals surface area (Å²) in [6.45, 7) is 2.72. The topological polar surface area (TPSA) is 54.2 Å². The average Bonchev–Trinajstić information content (AvgIpc) is 3.37. The molecule has 0 bridgehead atoms. The molecule has 5 rings (SSSR count). The van der Waals surface area contributed by atoms with Crippen LogP contribution in [0.15, 0.2) is 100 Å². The third-order valence-corrected chi connectivity index (χ3v) is 7.00. The van der Waals surface area contributed by atoms with E-state index in [1.807, 2.05) is 48.5 Å². The highest BCUT2D eigenvalue weighted by Gasteiger charge is 2.34. The first-order valence-corrected chi connectivity index (χ1v) is 12.6. The highest BCUT2D eigenvalue weighted by molar-refractivity contribution is 7.98. The molecule has 0 saturated heterocycles. The second kappa shape index (κ2) is 9.83. The average molecular weight is 485 g/mol. The highest BCUT2D eigenvalue weighted by Crippen LogP contribution is 2.38. The van der Waals surface area contributed by atoms with Gasteiger partial charge in [0.15, 0.2) is 5.11 Å². The maximum Gasteiger partial charge on any atom is 0.258 e. The van der Waals surface area contributed by atoms with E-state index in [-0.39, 0.29) is 6.04 Å². The number of hydrogen-bond acceptors (Lipinski definition) is 5. The zero-order valence-corrected chi connectivity index (χ0v) is 20.6. The summed E-state index contributed by atoms with van der Waals surface area (Å²) in [5, 5.41) is 8.46. The third-order valence-electron chi connectivity index (χ3n) is 5.92. The number of thioether (sulfide) groups is 1. The Labute approximate surface area is 208 Å². The van der Waals surface area contributed by atoms with E-state index in [9.17, 15) is 0 Å². The Morgan fingerprint density at radius 2 is 1.65 bits per heavy atom. The van der Waals surface area contributed by atoms with E-state index in [1.54, 1.807) is 11.8 Å². The van der Waals surface area contributed by atoms with Crippen molar-refractivity contribution in [3.8, 4) is 11.4 Å². The van der Waals surface area contributed by atoms with Gasteiger partial charge >= 0.3 is 0 Å². The molecule has 5 nitrogen and oxygen atoms in total. The Bertz CT molecular complexity index is 1320. The Morgan fingerprint density at radius 1 is 0.971 bits per heavy atom. The van der Waals surface area contributed by atoms with Crippen LogP contribution in [0.1, 0.15) is 30.0 Å². The van der Waals surface area contributed by atoms with Crippen LogP contribution in [0.5, 0.6) is 0 Å². The van der Waals surface area contributed by atoms with Crippen molar-refractivity contribution in [1.82, 2.24) is 20.4 Å². The lowest BCUT2D eigenvalue weighted by molar-refractivity contribution is 0.396. The monoisotopic (exact) mass is 484 g/mol. The number of nitrogens with zero attached hydrogens (tertiary/aromatic N) is 3. The van der Waals surface area contributed by atoms with E-state index in [4.69, 9.17) is 21.7 Å². The number of benzene rings is 3.